The predicted molar refractivity (Wildman–Crippen MR) is 243 cm³/mol. The molecule has 0 fully saturated rings. The lowest BCUT2D eigenvalue weighted by Gasteiger charge is -2.29. The number of anilines is 3. The van der Waals surface area contributed by atoms with Crippen LogP contribution in [-0.4, -0.2) is 13.0 Å². The molecule has 0 bridgehead atoms. The van der Waals surface area contributed by atoms with Gasteiger partial charge in [0.15, 0.2) is 0 Å². The monoisotopic (exact) mass is 776 g/mol. The molecule has 10 aromatic rings. The molecule has 4 nitrogen and oxygen atoms in total. The Morgan fingerprint density at radius 2 is 0.864 bits per heavy atom. The van der Waals surface area contributed by atoms with Crippen molar-refractivity contribution in [1.82, 2.24) is 4.57 Å². The fourth-order valence-corrected chi connectivity index (χ4v) is 10.4. The normalized spacial score (nSPS) is 12.7. The quantitative estimate of drug-likeness (QED) is 0.162. The van der Waals surface area contributed by atoms with Gasteiger partial charge in [0.05, 0.1) is 26.5 Å². The van der Waals surface area contributed by atoms with Crippen molar-refractivity contribution < 1.29 is 8.42 Å². The Morgan fingerprint density at radius 3 is 1.51 bits per heavy atom. The molecule has 0 unspecified atom stereocenters. The van der Waals surface area contributed by atoms with Crippen molar-refractivity contribution in [1.29, 1.82) is 0 Å². The first-order chi connectivity index (χ1) is 29.0. The van der Waals surface area contributed by atoms with Crippen LogP contribution in [0.1, 0.15) is 0 Å². The van der Waals surface area contributed by atoms with E-state index in [0.29, 0.717) is 9.79 Å². The number of sulfone groups is 1. The van der Waals surface area contributed by atoms with Gasteiger partial charge >= 0.3 is 0 Å². The number of hydrogen-bond donors (Lipinski definition) is 0. The number of para-hydroxylation sites is 2. The average Bonchev–Trinajstić information content (AvgIpc) is 3.75. The molecule has 0 spiro atoms. The summed E-state index contributed by atoms with van der Waals surface area (Å²) in [7, 11) is -3.63. The summed E-state index contributed by atoms with van der Waals surface area (Å²) in [5, 5.41) is 2.25. The Balaban J connectivity index is 1.20. The summed E-state index contributed by atoms with van der Waals surface area (Å²) in [5.74, 6) is 0. The number of aromatic nitrogens is 1. The summed E-state index contributed by atoms with van der Waals surface area (Å²) in [4.78, 5) is 3.03. The lowest BCUT2D eigenvalue weighted by Crippen LogP contribution is -2.11. The Kier molecular flexibility index (Phi) is 8.17. The fraction of sp³-hybridized carbons (Fsp3) is 0. The fourth-order valence-electron chi connectivity index (χ4n) is 8.75. The molecule has 0 saturated carbocycles. The van der Waals surface area contributed by atoms with Crippen molar-refractivity contribution in [3.63, 3.8) is 0 Å². The molecule has 280 valence electrons. The summed E-state index contributed by atoms with van der Waals surface area (Å²) in [6.07, 6.45) is 0. The second-order valence-electron chi connectivity index (χ2n) is 14.9. The van der Waals surface area contributed by atoms with Crippen LogP contribution in [0.4, 0.5) is 17.1 Å². The zero-order chi connectivity index (χ0) is 39.5. The van der Waals surface area contributed by atoms with Gasteiger partial charge in [0.2, 0.25) is 9.84 Å². The molecular weight excluding hydrogens is 741 g/mol. The molecular formula is C54H36N2O2S. The van der Waals surface area contributed by atoms with E-state index in [-0.39, 0.29) is 0 Å². The van der Waals surface area contributed by atoms with Crippen LogP contribution < -0.4 is 4.90 Å². The van der Waals surface area contributed by atoms with Crippen LogP contribution in [0.2, 0.25) is 0 Å². The summed E-state index contributed by atoms with van der Waals surface area (Å²) < 4.78 is 29.9. The highest BCUT2D eigenvalue weighted by Crippen LogP contribution is 2.49. The molecule has 0 atom stereocenters. The maximum atomic E-state index is 13.8. The first-order valence-electron chi connectivity index (χ1n) is 19.8. The molecule has 2 heterocycles. The van der Waals surface area contributed by atoms with Gasteiger partial charge in [-0.1, -0.05) is 146 Å². The zero-order valence-corrected chi connectivity index (χ0v) is 32.7. The number of rotatable bonds is 7. The zero-order valence-electron chi connectivity index (χ0n) is 31.9. The smallest absolute Gasteiger partial charge is 0.207 e. The van der Waals surface area contributed by atoms with Crippen LogP contribution in [0.25, 0.3) is 72.0 Å². The molecule has 1 aliphatic rings. The third-order valence-corrected chi connectivity index (χ3v) is 13.4. The third kappa shape index (κ3) is 5.78. The van der Waals surface area contributed by atoms with E-state index >= 15 is 0 Å². The largest absolute Gasteiger partial charge is 0.310 e. The second kappa shape index (κ2) is 13.9. The van der Waals surface area contributed by atoms with Gasteiger partial charge in [-0.2, -0.15) is 0 Å². The van der Waals surface area contributed by atoms with Gasteiger partial charge in [-0.3, -0.25) is 0 Å². The maximum absolute atomic E-state index is 13.8. The Labute approximate surface area is 343 Å². The van der Waals surface area contributed by atoms with E-state index in [1.165, 1.54) is 0 Å². The van der Waals surface area contributed by atoms with Crippen LogP contribution in [0.5, 0.6) is 0 Å². The van der Waals surface area contributed by atoms with Gasteiger partial charge < -0.3 is 9.47 Å². The van der Waals surface area contributed by atoms with Gasteiger partial charge in [0, 0.05) is 44.5 Å². The van der Waals surface area contributed by atoms with Gasteiger partial charge in [-0.15, -0.1) is 0 Å². The molecule has 0 N–H and O–H groups in total. The molecule has 1 aromatic heterocycles. The van der Waals surface area contributed by atoms with E-state index in [9.17, 15) is 8.42 Å². The van der Waals surface area contributed by atoms with Crippen LogP contribution in [0.3, 0.4) is 0 Å². The Hall–Kier alpha value is -7.47. The summed E-state index contributed by atoms with van der Waals surface area (Å²) in [5.41, 5.74) is 14.1. The highest BCUT2D eigenvalue weighted by molar-refractivity contribution is 7.92. The first kappa shape index (κ1) is 34.8. The van der Waals surface area contributed by atoms with Crippen molar-refractivity contribution in [2.45, 2.75) is 9.79 Å². The van der Waals surface area contributed by atoms with E-state index < -0.39 is 9.84 Å². The lowest BCUT2D eigenvalue weighted by molar-refractivity contribution is 0.598. The first-order valence-corrected chi connectivity index (χ1v) is 21.2. The summed E-state index contributed by atoms with van der Waals surface area (Å²) in [6.45, 7) is 0. The predicted octanol–water partition coefficient (Wildman–Crippen LogP) is 14.1. The number of nitrogens with zero attached hydrogens (tertiary/aromatic N) is 2. The third-order valence-electron chi connectivity index (χ3n) is 11.6. The second-order valence-corrected chi connectivity index (χ2v) is 16.8. The van der Waals surface area contributed by atoms with Crippen molar-refractivity contribution in [2.24, 2.45) is 0 Å². The molecule has 0 radical (unpaired) electrons. The number of benzene rings is 9. The van der Waals surface area contributed by atoms with Crippen molar-refractivity contribution in [3.05, 3.63) is 218 Å². The van der Waals surface area contributed by atoms with Gasteiger partial charge in [0.1, 0.15) is 0 Å². The Bertz CT molecular complexity index is 3220. The van der Waals surface area contributed by atoms with Crippen LogP contribution in [0.15, 0.2) is 228 Å². The molecule has 0 aliphatic carbocycles. The van der Waals surface area contributed by atoms with Crippen molar-refractivity contribution in [3.8, 4) is 50.2 Å². The molecule has 0 amide bonds. The number of hydrogen-bond acceptors (Lipinski definition) is 3. The minimum Gasteiger partial charge on any atom is -0.310 e. The van der Waals surface area contributed by atoms with E-state index in [1.54, 1.807) is 18.2 Å². The van der Waals surface area contributed by atoms with E-state index in [2.05, 4.69) is 173 Å². The van der Waals surface area contributed by atoms with Gasteiger partial charge in [-0.05, 0) is 101 Å². The molecule has 0 saturated heterocycles. The average molecular weight is 777 g/mol. The minimum absolute atomic E-state index is 0.343. The van der Waals surface area contributed by atoms with E-state index in [1.807, 2.05) is 36.4 Å². The maximum Gasteiger partial charge on any atom is 0.207 e. The Morgan fingerprint density at radius 1 is 0.356 bits per heavy atom. The molecule has 59 heavy (non-hydrogen) atoms. The van der Waals surface area contributed by atoms with E-state index in [4.69, 9.17) is 0 Å². The molecule has 9 aromatic carbocycles. The van der Waals surface area contributed by atoms with Gasteiger partial charge in [0.25, 0.3) is 0 Å². The minimum atomic E-state index is -3.63. The van der Waals surface area contributed by atoms with Crippen molar-refractivity contribution in [2.75, 3.05) is 4.90 Å². The topological polar surface area (TPSA) is 42.3 Å². The molecule has 11 rings (SSSR count). The van der Waals surface area contributed by atoms with Crippen LogP contribution in [0, 0.1) is 0 Å². The van der Waals surface area contributed by atoms with Crippen LogP contribution in [-0.2, 0) is 9.84 Å². The highest BCUT2D eigenvalue weighted by Gasteiger charge is 2.33. The van der Waals surface area contributed by atoms with Gasteiger partial charge in [-0.25, -0.2) is 8.42 Å². The SMILES string of the molecule is O=S1(=O)c2ccccc2-c2cc(-c3cc4c5ccccc5n(-c5ccccc5)c4cc3N(c3ccc(-c4ccccc4)cc3)c3ccc(-c4ccccc4)cc3)ccc21. The van der Waals surface area contributed by atoms with E-state index in [0.717, 1.165) is 89.1 Å². The molecule has 5 heteroatoms. The summed E-state index contributed by atoms with van der Waals surface area (Å²) in [6, 6.07) is 75.2. The molecule has 1 aliphatic heterocycles. The van der Waals surface area contributed by atoms with Crippen LogP contribution >= 0.6 is 0 Å². The summed E-state index contributed by atoms with van der Waals surface area (Å²) >= 11 is 0. The standard InChI is InChI=1S/C54H36N2O2S/c57-59(58)53-23-13-11-21-46(53)49-34-41(28-33-54(49)59)47-35-48-45-20-10-12-22-50(45)56(42-18-8-3-9-19-42)52(48)36-51(47)55(43-29-24-39(25-30-43)37-14-4-1-5-15-37)44-31-26-40(27-32-44)38-16-6-2-7-17-38/h1-36H. The number of fused-ring (bicyclic) bond motifs is 6. The lowest BCUT2D eigenvalue weighted by atomic mass is 9.95. The van der Waals surface area contributed by atoms with Crippen molar-refractivity contribution >= 4 is 48.7 Å². The highest BCUT2D eigenvalue weighted by atomic mass is 32.2.